The fourth-order valence-corrected chi connectivity index (χ4v) is 2.85. The van der Waals surface area contributed by atoms with Crippen LogP contribution in [0.5, 0.6) is 0 Å². The van der Waals surface area contributed by atoms with Gasteiger partial charge >= 0.3 is 0 Å². The molecule has 0 aromatic heterocycles. The molecule has 3 rings (SSSR count). The third-order valence-corrected chi connectivity index (χ3v) is 4.03. The minimum atomic E-state index is -0.754. The number of hydroxylamine groups is 2. The molecule has 2 atom stereocenters. The third kappa shape index (κ3) is 3.67. The summed E-state index contributed by atoms with van der Waals surface area (Å²) >= 11 is 12.1. The highest BCUT2D eigenvalue weighted by atomic mass is 35.5. The fourth-order valence-electron chi connectivity index (χ4n) is 2.35. The summed E-state index contributed by atoms with van der Waals surface area (Å²) in [7, 11) is 0. The zero-order valence-electron chi connectivity index (χ0n) is 12.4. The van der Waals surface area contributed by atoms with Gasteiger partial charge in [-0.15, -0.1) is 0 Å². The highest BCUT2D eigenvalue weighted by Crippen LogP contribution is 2.33. The molecule has 2 aromatic rings. The van der Waals surface area contributed by atoms with Crippen LogP contribution in [0.15, 0.2) is 48.5 Å². The summed E-state index contributed by atoms with van der Waals surface area (Å²) in [6.45, 7) is 2.22. The van der Waals surface area contributed by atoms with Crippen LogP contribution in [0, 0.1) is 0 Å². The van der Waals surface area contributed by atoms with Crippen LogP contribution in [0.4, 0.5) is 0 Å². The van der Waals surface area contributed by atoms with Gasteiger partial charge < -0.3 is 4.74 Å². The number of amides is 1. The Hall–Kier alpha value is -1.59. The van der Waals surface area contributed by atoms with Crippen LogP contribution in [0.3, 0.4) is 0 Å². The van der Waals surface area contributed by atoms with Crippen LogP contribution in [-0.2, 0) is 9.57 Å². The summed E-state index contributed by atoms with van der Waals surface area (Å²) < 4.78 is 5.77. The lowest BCUT2D eigenvalue weighted by Gasteiger charge is -2.36. The average Bonchev–Trinajstić information content (AvgIpc) is 2.54. The van der Waals surface area contributed by atoms with Crippen LogP contribution in [0.25, 0.3) is 0 Å². The van der Waals surface area contributed by atoms with E-state index in [-0.39, 0.29) is 12.0 Å². The molecule has 1 fully saturated rings. The second-order valence-corrected chi connectivity index (χ2v) is 6.13. The van der Waals surface area contributed by atoms with Crippen LogP contribution in [-0.4, -0.2) is 23.6 Å². The summed E-state index contributed by atoms with van der Waals surface area (Å²) in [6, 6.07) is 14.0. The van der Waals surface area contributed by atoms with E-state index in [1.165, 1.54) is 5.06 Å². The van der Waals surface area contributed by atoms with Crippen LogP contribution in [0.1, 0.15) is 29.1 Å². The lowest BCUT2D eigenvalue weighted by atomic mass is 10.2. The largest absolute Gasteiger partial charge is 0.341 e. The standard InChI is InChI=1S/C17H15Cl2NO3/c1-11-10-20(16(21)12-5-3-2-4-6-12)23-17(22-11)14-8-7-13(18)9-15(14)19/h2-9,11,17H,10H2,1H3/t11-,17+/m1/s1. The van der Waals surface area contributed by atoms with Gasteiger partial charge in [0.15, 0.2) is 0 Å². The molecule has 120 valence electrons. The molecule has 2 aromatic carbocycles. The fraction of sp³-hybridized carbons (Fsp3) is 0.235. The van der Waals surface area contributed by atoms with Gasteiger partial charge in [0.25, 0.3) is 5.91 Å². The van der Waals surface area contributed by atoms with Gasteiger partial charge in [-0.25, -0.2) is 9.90 Å². The van der Waals surface area contributed by atoms with Crippen molar-refractivity contribution in [3.05, 3.63) is 69.7 Å². The number of nitrogens with zero attached hydrogens (tertiary/aromatic N) is 1. The van der Waals surface area contributed by atoms with Gasteiger partial charge in [0.1, 0.15) is 0 Å². The lowest BCUT2D eigenvalue weighted by Crippen LogP contribution is -2.44. The zero-order chi connectivity index (χ0) is 16.4. The van der Waals surface area contributed by atoms with Gasteiger partial charge in [-0.3, -0.25) is 4.79 Å². The highest BCUT2D eigenvalue weighted by Gasteiger charge is 2.32. The molecule has 0 saturated carbocycles. The molecule has 1 amide bonds. The number of hydrogen-bond donors (Lipinski definition) is 0. The molecule has 0 N–H and O–H groups in total. The summed E-state index contributed by atoms with van der Waals surface area (Å²) in [5.41, 5.74) is 1.19. The van der Waals surface area contributed by atoms with Gasteiger partial charge in [0, 0.05) is 16.1 Å². The van der Waals surface area contributed by atoms with Crippen LogP contribution in [0.2, 0.25) is 10.0 Å². The maximum absolute atomic E-state index is 12.6. The molecule has 0 unspecified atom stereocenters. The Morgan fingerprint density at radius 3 is 2.61 bits per heavy atom. The molecular formula is C17H15Cl2NO3. The summed E-state index contributed by atoms with van der Waals surface area (Å²) in [5.74, 6) is -0.212. The number of hydrogen-bond acceptors (Lipinski definition) is 3. The Morgan fingerprint density at radius 1 is 1.17 bits per heavy atom. The maximum atomic E-state index is 12.6. The number of carbonyl (C=O) groups is 1. The van der Waals surface area contributed by atoms with E-state index in [0.29, 0.717) is 27.7 Å². The Labute approximate surface area is 144 Å². The van der Waals surface area contributed by atoms with Crippen molar-refractivity contribution in [2.75, 3.05) is 6.54 Å². The number of benzene rings is 2. The van der Waals surface area contributed by atoms with Crippen molar-refractivity contribution in [3.8, 4) is 0 Å². The number of carbonyl (C=O) groups excluding carboxylic acids is 1. The number of halogens is 2. The molecule has 6 heteroatoms. The van der Waals surface area contributed by atoms with E-state index < -0.39 is 6.29 Å². The van der Waals surface area contributed by atoms with Gasteiger partial charge in [0.2, 0.25) is 6.29 Å². The minimum absolute atomic E-state index is 0.187. The van der Waals surface area contributed by atoms with E-state index in [1.54, 1.807) is 30.3 Å². The van der Waals surface area contributed by atoms with Crippen LogP contribution >= 0.6 is 23.2 Å². The van der Waals surface area contributed by atoms with E-state index in [1.807, 2.05) is 25.1 Å². The molecule has 0 aliphatic carbocycles. The molecule has 4 nitrogen and oxygen atoms in total. The van der Waals surface area contributed by atoms with E-state index >= 15 is 0 Å². The molecule has 0 spiro atoms. The first-order valence-electron chi connectivity index (χ1n) is 7.18. The second kappa shape index (κ2) is 6.89. The van der Waals surface area contributed by atoms with Gasteiger partial charge in [-0.05, 0) is 31.2 Å². The van der Waals surface area contributed by atoms with E-state index in [4.69, 9.17) is 32.8 Å². The smallest absolute Gasteiger partial charge is 0.277 e. The molecule has 1 heterocycles. The maximum Gasteiger partial charge on any atom is 0.277 e. The monoisotopic (exact) mass is 351 g/mol. The van der Waals surface area contributed by atoms with Gasteiger partial charge in [-0.1, -0.05) is 47.5 Å². The SMILES string of the molecule is C[C@@H]1CN(C(=O)c2ccccc2)O[C@@H](c2ccc(Cl)cc2Cl)O1. The van der Waals surface area contributed by atoms with Crippen molar-refractivity contribution in [2.24, 2.45) is 0 Å². The van der Waals surface area contributed by atoms with Crippen molar-refractivity contribution in [3.63, 3.8) is 0 Å². The molecule has 23 heavy (non-hydrogen) atoms. The first-order chi connectivity index (χ1) is 11.0. The number of rotatable bonds is 2. The normalized spacial score (nSPS) is 21.3. The Bertz CT molecular complexity index is 708. The molecule has 1 aliphatic heterocycles. The Morgan fingerprint density at radius 2 is 1.91 bits per heavy atom. The second-order valence-electron chi connectivity index (χ2n) is 5.28. The Kier molecular flexibility index (Phi) is 4.87. The molecule has 0 bridgehead atoms. The molecule has 1 saturated heterocycles. The molecule has 1 aliphatic rings. The van der Waals surface area contributed by atoms with Gasteiger partial charge in [-0.2, -0.15) is 0 Å². The summed E-state index contributed by atoms with van der Waals surface area (Å²) in [6.07, 6.45) is -0.940. The van der Waals surface area contributed by atoms with Gasteiger partial charge in [0.05, 0.1) is 17.7 Å². The van der Waals surface area contributed by atoms with E-state index in [0.717, 1.165) is 0 Å². The van der Waals surface area contributed by atoms with E-state index in [9.17, 15) is 4.79 Å². The van der Waals surface area contributed by atoms with Crippen molar-refractivity contribution >= 4 is 29.1 Å². The number of ether oxygens (including phenoxy) is 1. The lowest BCUT2D eigenvalue weighted by molar-refractivity contribution is -0.320. The van der Waals surface area contributed by atoms with Crippen LogP contribution < -0.4 is 0 Å². The first kappa shape index (κ1) is 16.3. The summed E-state index contributed by atoms with van der Waals surface area (Å²) in [4.78, 5) is 18.3. The van der Waals surface area contributed by atoms with Crippen molar-refractivity contribution in [2.45, 2.75) is 19.3 Å². The van der Waals surface area contributed by atoms with Crippen molar-refractivity contribution in [1.29, 1.82) is 0 Å². The zero-order valence-corrected chi connectivity index (χ0v) is 13.9. The predicted octanol–water partition coefficient (Wildman–Crippen LogP) is 4.48. The topological polar surface area (TPSA) is 38.8 Å². The predicted molar refractivity (Wildman–Crippen MR) is 88.3 cm³/mol. The minimum Gasteiger partial charge on any atom is -0.341 e. The first-order valence-corrected chi connectivity index (χ1v) is 7.94. The van der Waals surface area contributed by atoms with E-state index in [2.05, 4.69) is 0 Å². The quantitative estimate of drug-likeness (QED) is 0.800. The average molecular weight is 352 g/mol. The van der Waals surface area contributed by atoms with Crippen molar-refractivity contribution < 1.29 is 14.4 Å². The third-order valence-electron chi connectivity index (χ3n) is 3.47. The Balaban J connectivity index is 1.83. The molecular weight excluding hydrogens is 337 g/mol. The summed E-state index contributed by atoms with van der Waals surface area (Å²) in [5, 5.41) is 2.28. The molecule has 0 radical (unpaired) electrons. The highest BCUT2D eigenvalue weighted by molar-refractivity contribution is 6.35. The van der Waals surface area contributed by atoms with Crippen molar-refractivity contribution in [1.82, 2.24) is 5.06 Å².